The van der Waals surface area contributed by atoms with E-state index in [2.05, 4.69) is 15.3 Å². The molecule has 1 aromatic carbocycles. The fourth-order valence-electron chi connectivity index (χ4n) is 2.80. The van der Waals surface area contributed by atoms with Gasteiger partial charge in [-0.05, 0) is 28.8 Å². The molecule has 0 saturated heterocycles. The first kappa shape index (κ1) is 18.2. The maximum Gasteiger partial charge on any atom is 0.432 e. The number of anilines is 1. The third-order valence-electron chi connectivity index (χ3n) is 4.15. The largest absolute Gasteiger partial charge is 0.432 e. The lowest BCUT2D eigenvalue weighted by Gasteiger charge is -2.05. The fraction of sp³-hybridized carbons (Fsp3) is 0.105. The SMILES string of the molecule is O=C(Cc1ccc(-c2ccncc2)cc1)Nc1ncn2c(C(F)(F)F)csc12. The zero-order chi connectivity index (χ0) is 19.7. The van der Waals surface area contributed by atoms with Crippen LogP contribution in [0.25, 0.3) is 16.0 Å². The molecule has 142 valence electrons. The number of rotatable bonds is 4. The lowest BCUT2D eigenvalue weighted by molar-refractivity contribution is -0.141. The maximum absolute atomic E-state index is 12.9. The van der Waals surface area contributed by atoms with Crippen molar-refractivity contribution < 1.29 is 18.0 Å². The van der Waals surface area contributed by atoms with E-state index in [0.29, 0.717) is 0 Å². The topological polar surface area (TPSA) is 59.3 Å². The molecule has 4 aromatic rings. The highest BCUT2D eigenvalue weighted by molar-refractivity contribution is 7.16. The smallest absolute Gasteiger partial charge is 0.308 e. The Labute approximate surface area is 161 Å². The zero-order valence-corrected chi connectivity index (χ0v) is 15.1. The van der Waals surface area contributed by atoms with Crippen LogP contribution < -0.4 is 5.32 Å². The van der Waals surface area contributed by atoms with E-state index >= 15 is 0 Å². The molecule has 0 bridgehead atoms. The minimum Gasteiger partial charge on any atom is -0.308 e. The van der Waals surface area contributed by atoms with Gasteiger partial charge in [-0.15, -0.1) is 11.3 Å². The van der Waals surface area contributed by atoms with Crippen molar-refractivity contribution >= 4 is 27.9 Å². The molecule has 0 saturated carbocycles. The number of fused-ring (bicyclic) bond motifs is 1. The van der Waals surface area contributed by atoms with Gasteiger partial charge in [-0.25, -0.2) is 4.98 Å². The van der Waals surface area contributed by atoms with Crippen LogP contribution >= 0.6 is 11.3 Å². The third-order valence-corrected chi connectivity index (χ3v) is 5.10. The van der Waals surface area contributed by atoms with Gasteiger partial charge in [-0.3, -0.25) is 14.2 Å². The predicted octanol–water partition coefficient (Wildman–Crippen LogP) is 4.66. The van der Waals surface area contributed by atoms with Gasteiger partial charge < -0.3 is 5.32 Å². The first-order valence-corrected chi connectivity index (χ1v) is 9.11. The number of thiazole rings is 1. The normalized spacial score (nSPS) is 11.7. The van der Waals surface area contributed by atoms with Crippen molar-refractivity contribution in [1.29, 1.82) is 0 Å². The number of amides is 1. The molecule has 1 N–H and O–H groups in total. The summed E-state index contributed by atoms with van der Waals surface area (Å²) in [4.78, 5) is 20.4. The standard InChI is InChI=1S/C19H13F3N4OS/c20-19(21,22)15-10-28-18-17(24-11-26(15)18)25-16(27)9-12-1-3-13(4-2-12)14-5-7-23-8-6-14/h1-8,10-11H,9H2,(H,25,27). The number of benzene rings is 1. The van der Waals surface area contributed by atoms with E-state index in [1.54, 1.807) is 12.4 Å². The average Bonchev–Trinajstić information content (AvgIpc) is 3.26. The summed E-state index contributed by atoms with van der Waals surface area (Å²) in [5.41, 5.74) is 1.99. The molecule has 0 aliphatic heterocycles. The minimum absolute atomic E-state index is 0.0904. The van der Waals surface area contributed by atoms with E-state index in [1.165, 1.54) is 0 Å². The third kappa shape index (κ3) is 3.61. The summed E-state index contributed by atoms with van der Waals surface area (Å²) in [6, 6.07) is 11.3. The molecular weight excluding hydrogens is 389 g/mol. The molecule has 0 aliphatic carbocycles. The van der Waals surface area contributed by atoms with Crippen molar-refractivity contribution in [2.24, 2.45) is 0 Å². The van der Waals surface area contributed by atoms with Crippen LogP contribution in [0, 0.1) is 0 Å². The average molecular weight is 402 g/mol. The van der Waals surface area contributed by atoms with E-state index in [-0.39, 0.29) is 23.0 Å². The van der Waals surface area contributed by atoms with Crippen molar-refractivity contribution in [2.45, 2.75) is 12.6 Å². The van der Waals surface area contributed by atoms with E-state index in [9.17, 15) is 18.0 Å². The summed E-state index contributed by atoms with van der Waals surface area (Å²) in [5, 5.41) is 3.59. The van der Waals surface area contributed by atoms with Crippen LogP contribution in [0.15, 0.2) is 60.5 Å². The highest BCUT2D eigenvalue weighted by Gasteiger charge is 2.35. The Morgan fingerprint density at radius 1 is 1.07 bits per heavy atom. The van der Waals surface area contributed by atoms with Gasteiger partial charge in [0.05, 0.1) is 6.42 Å². The van der Waals surface area contributed by atoms with Gasteiger partial charge in [0.2, 0.25) is 5.91 Å². The summed E-state index contributed by atoms with van der Waals surface area (Å²) < 4.78 is 39.7. The molecule has 0 atom stereocenters. The highest BCUT2D eigenvalue weighted by Crippen LogP contribution is 2.35. The summed E-state index contributed by atoms with van der Waals surface area (Å²) in [6.45, 7) is 0. The molecule has 0 spiro atoms. The Hall–Kier alpha value is -3.20. The van der Waals surface area contributed by atoms with Gasteiger partial charge in [0.15, 0.2) is 5.82 Å². The van der Waals surface area contributed by atoms with E-state index < -0.39 is 11.9 Å². The fourth-order valence-corrected chi connectivity index (χ4v) is 3.74. The Bertz CT molecular complexity index is 1120. The van der Waals surface area contributed by atoms with Crippen molar-refractivity contribution in [3.8, 4) is 11.1 Å². The molecule has 4 rings (SSSR count). The first-order valence-electron chi connectivity index (χ1n) is 8.23. The summed E-state index contributed by atoms with van der Waals surface area (Å²) in [5.74, 6) is -0.224. The molecule has 3 heterocycles. The summed E-state index contributed by atoms with van der Waals surface area (Å²) in [6.07, 6.45) is 0.0892. The Kier molecular flexibility index (Phi) is 4.60. The number of carbonyl (C=O) groups excluding carboxylic acids is 1. The number of carbonyl (C=O) groups is 1. The second-order valence-corrected chi connectivity index (χ2v) is 6.90. The molecule has 3 aromatic heterocycles. The molecule has 0 radical (unpaired) electrons. The van der Waals surface area contributed by atoms with Gasteiger partial charge >= 0.3 is 6.18 Å². The van der Waals surface area contributed by atoms with Crippen LogP contribution in [0.5, 0.6) is 0 Å². The number of hydrogen-bond acceptors (Lipinski definition) is 4. The van der Waals surface area contributed by atoms with Crippen LogP contribution in [0.2, 0.25) is 0 Å². The Morgan fingerprint density at radius 3 is 2.43 bits per heavy atom. The van der Waals surface area contributed by atoms with Gasteiger partial charge in [-0.1, -0.05) is 24.3 Å². The highest BCUT2D eigenvalue weighted by atomic mass is 32.1. The number of hydrogen-bond donors (Lipinski definition) is 1. The van der Waals surface area contributed by atoms with Crippen molar-refractivity contribution in [1.82, 2.24) is 14.4 Å². The number of pyridine rings is 1. The maximum atomic E-state index is 12.9. The number of aromatic nitrogens is 3. The summed E-state index contributed by atoms with van der Waals surface area (Å²) in [7, 11) is 0. The van der Waals surface area contributed by atoms with E-state index in [4.69, 9.17) is 0 Å². The Balaban J connectivity index is 1.46. The second kappa shape index (κ2) is 7.08. The lowest BCUT2D eigenvalue weighted by atomic mass is 10.0. The molecule has 1 amide bonds. The van der Waals surface area contributed by atoms with Gasteiger partial charge in [0, 0.05) is 17.8 Å². The van der Waals surface area contributed by atoms with Crippen LogP contribution in [0.4, 0.5) is 19.0 Å². The zero-order valence-electron chi connectivity index (χ0n) is 14.3. The molecule has 0 fully saturated rings. The first-order chi connectivity index (χ1) is 13.4. The van der Waals surface area contributed by atoms with Gasteiger partial charge in [-0.2, -0.15) is 13.2 Å². The quantitative estimate of drug-likeness (QED) is 0.540. The molecule has 5 nitrogen and oxygen atoms in total. The summed E-state index contributed by atoms with van der Waals surface area (Å²) >= 11 is 0.883. The molecular formula is C19H13F3N4OS. The van der Waals surface area contributed by atoms with Crippen LogP contribution in [0.1, 0.15) is 11.3 Å². The molecule has 28 heavy (non-hydrogen) atoms. The molecule has 0 aliphatic rings. The van der Waals surface area contributed by atoms with E-state index in [0.717, 1.165) is 44.1 Å². The van der Waals surface area contributed by atoms with Crippen LogP contribution in [0.3, 0.4) is 0 Å². The number of halogens is 3. The minimum atomic E-state index is -4.48. The number of alkyl halides is 3. The lowest BCUT2D eigenvalue weighted by Crippen LogP contribution is -2.14. The second-order valence-electron chi connectivity index (χ2n) is 6.04. The van der Waals surface area contributed by atoms with Crippen molar-refractivity contribution in [2.75, 3.05) is 5.32 Å². The van der Waals surface area contributed by atoms with Crippen molar-refractivity contribution in [3.05, 3.63) is 71.8 Å². The van der Waals surface area contributed by atoms with Gasteiger partial charge in [0.1, 0.15) is 16.9 Å². The van der Waals surface area contributed by atoms with Crippen molar-refractivity contribution in [3.63, 3.8) is 0 Å². The number of nitrogens with one attached hydrogen (secondary N) is 1. The van der Waals surface area contributed by atoms with Crippen LogP contribution in [-0.2, 0) is 17.4 Å². The predicted molar refractivity (Wildman–Crippen MR) is 100 cm³/mol. The molecule has 0 unspecified atom stereocenters. The van der Waals surface area contributed by atoms with Crippen LogP contribution in [-0.4, -0.2) is 20.3 Å². The van der Waals surface area contributed by atoms with Gasteiger partial charge in [0.25, 0.3) is 0 Å². The van der Waals surface area contributed by atoms with E-state index in [1.807, 2.05) is 36.4 Å². The number of nitrogens with zero attached hydrogens (tertiary/aromatic N) is 3. The monoisotopic (exact) mass is 402 g/mol. The Morgan fingerprint density at radius 2 is 1.75 bits per heavy atom. The molecule has 9 heteroatoms. The number of imidazole rings is 1.